The number of alkyl halides is 15. The number of carbonyl (C=O) groups is 1. The first-order chi connectivity index (χ1) is 14.0. The van der Waals surface area contributed by atoms with E-state index in [9.17, 15) is 70.7 Å². The molecule has 0 atom stereocenters. The van der Waals surface area contributed by atoms with Crippen LogP contribution in [0.2, 0.25) is 0 Å². The van der Waals surface area contributed by atoms with E-state index in [4.69, 9.17) is 0 Å². The van der Waals surface area contributed by atoms with Crippen molar-refractivity contribution < 1.29 is 75.4 Å². The molecule has 1 rings (SSSR count). The third-order valence-electron chi connectivity index (χ3n) is 4.76. The van der Waals surface area contributed by atoms with Crippen molar-refractivity contribution in [2.75, 3.05) is 6.61 Å². The molecule has 1 aliphatic carbocycles. The molecule has 0 saturated heterocycles. The van der Waals surface area contributed by atoms with Gasteiger partial charge in [-0.1, -0.05) is 19.3 Å². The number of halogens is 15. The van der Waals surface area contributed by atoms with Gasteiger partial charge in [-0.3, -0.25) is 0 Å². The first kappa shape index (κ1) is 28.5. The summed E-state index contributed by atoms with van der Waals surface area (Å²) in [5, 5.41) is 0. The van der Waals surface area contributed by atoms with Crippen LogP contribution >= 0.6 is 0 Å². The minimum Gasteiger partial charge on any atom is -0.461 e. The van der Waals surface area contributed by atoms with E-state index in [1.807, 2.05) is 0 Å². The lowest BCUT2D eigenvalue weighted by atomic mass is 9.90. The van der Waals surface area contributed by atoms with Crippen LogP contribution < -0.4 is 0 Å². The molecule has 0 aliphatic heterocycles. The maximum atomic E-state index is 13.6. The highest BCUT2D eigenvalue weighted by atomic mass is 19.4. The summed E-state index contributed by atoms with van der Waals surface area (Å²) >= 11 is 0. The van der Waals surface area contributed by atoms with Crippen LogP contribution in [-0.4, -0.2) is 54.3 Å². The Morgan fingerprint density at radius 1 is 0.594 bits per heavy atom. The summed E-state index contributed by atoms with van der Waals surface area (Å²) in [6, 6.07) is 0. The van der Waals surface area contributed by atoms with Crippen molar-refractivity contribution in [1.82, 2.24) is 0 Å². The van der Waals surface area contributed by atoms with Crippen molar-refractivity contribution in [2.24, 2.45) is 5.92 Å². The third kappa shape index (κ3) is 4.19. The highest BCUT2D eigenvalue weighted by Crippen LogP contribution is 2.62. The second-order valence-electron chi connectivity index (χ2n) is 7.05. The van der Waals surface area contributed by atoms with E-state index in [1.54, 1.807) is 0 Å². The fourth-order valence-corrected chi connectivity index (χ4v) is 2.73. The Morgan fingerprint density at radius 2 is 0.969 bits per heavy atom. The molecule has 0 bridgehead atoms. The van der Waals surface area contributed by atoms with E-state index in [1.165, 1.54) is 0 Å². The predicted octanol–water partition coefficient (Wildman–Crippen LogP) is 6.48. The summed E-state index contributed by atoms with van der Waals surface area (Å²) < 4.78 is 199. The van der Waals surface area contributed by atoms with Crippen LogP contribution in [0.4, 0.5) is 65.9 Å². The highest BCUT2D eigenvalue weighted by molar-refractivity contribution is 5.79. The van der Waals surface area contributed by atoms with E-state index >= 15 is 0 Å². The number of hydrogen-bond donors (Lipinski definition) is 0. The van der Waals surface area contributed by atoms with Crippen LogP contribution in [-0.2, 0) is 9.53 Å². The Bertz CT molecular complexity index is 677. The van der Waals surface area contributed by atoms with Gasteiger partial charge in [0.2, 0.25) is 0 Å². The number of carbonyl (C=O) groups excluding carboxylic acids is 1. The molecule has 1 saturated carbocycles. The van der Waals surface area contributed by atoms with Gasteiger partial charge in [-0.15, -0.1) is 0 Å². The molecule has 0 amide bonds. The van der Waals surface area contributed by atoms with Gasteiger partial charge in [0.25, 0.3) is 0 Å². The minimum absolute atomic E-state index is 0.211. The van der Waals surface area contributed by atoms with Gasteiger partial charge in [0.1, 0.15) is 0 Å². The molecule has 0 unspecified atom stereocenters. The summed E-state index contributed by atoms with van der Waals surface area (Å²) in [6.07, 6.45) is -5.64. The van der Waals surface area contributed by atoms with E-state index in [0.29, 0.717) is 19.3 Å². The largest absolute Gasteiger partial charge is 0.461 e. The van der Waals surface area contributed by atoms with E-state index in [-0.39, 0.29) is 12.8 Å². The molecular weight excluding hydrogens is 497 g/mol. The number of ether oxygens (including phenoxy) is 1. The molecule has 0 heterocycles. The van der Waals surface area contributed by atoms with Crippen LogP contribution in [0.1, 0.15) is 32.1 Å². The van der Waals surface area contributed by atoms with Crippen molar-refractivity contribution in [2.45, 2.75) is 73.8 Å². The summed E-state index contributed by atoms with van der Waals surface area (Å²) in [4.78, 5) is 11.2. The summed E-state index contributed by atoms with van der Waals surface area (Å²) in [6.45, 7) is -1.07. The van der Waals surface area contributed by atoms with Crippen molar-refractivity contribution in [1.29, 1.82) is 0 Å². The highest BCUT2D eigenvalue weighted by Gasteiger charge is 2.94. The third-order valence-corrected chi connectivity index (χ3v) is 4.76. The minimum atomic E-state index is -8.42. The Hall–Kier alpha value is -1.58. The van der Waals surface area contributed by atoms with Crippen LogP contribution in [0, 0.1) is 5.92 Å². The lowest BCUT2D eigenvalue weighted by Gasteiger charge is -2.40. The first-order valence-corrected chi connectivity index (χ1v) is 8.51. The van der Waals surface area contributed by atoms with Gasteiger partial charge in [0.05, 0.1) is 6.61 Å². The molecule has 0 radical (unpaired) electrons. The zero-order valence-electron chi connectivity index (χ0n) is 15.3. The smallest absolute Gasteiger partial charge is 0.460 e. The maximum Gasteiger partial charge on any atom is 0.460 e. The molecular formula is C15H13F15O2. The second-order valence-corrected chi connectivity index (χ2v) is 7.05. The SMILES string of the molecule is O=C(OCC1CCCCC1)C(F)(F)C(F)(F)C(F)(F)C(F)(F)C(F)(F)C(F)(F)C(F)(F)F. The van der Waals surface area contributed by atoms with Crippen molar-refractivity contribution in [3.8, 4) is 0 Å². The molecule has 32 heavy (non-hydrogen) atoms. The monoisotopic (exact) mass is 510 g/mol. The molecule has 1 aliphatic rings. The van der Waals surface area contributed by atoms with E-state index < -0.39 is 60.2 Å². The fraction of sp³-hybridized carbons (Fsp3) is 0.933. The maximum absolute atomic E-state index is 13.6. The quantitative estimate of drug-likeness (QED) is 0.276. The van der Waals surface area contributed by atoms with Crippen molar-refractivity contribution in [3.63, 3.8) is 0 Å². The molecule has 0 N–H and O–H groups in total. The van der Waals surface area contributed by atoms with Gasteiger partial charge < -0.3 is 4.74 Å². The second kappa shape index (κ2) is 8.33. The van der Waals surface area contributed by atoms with Crippen LogP contribution in [0.15, 0.2) is 0 Å². The summed E-state index contributed by atoms with van der Waals surface area (Å²) in [5.41, 5.74) is 0. The van der Waals surface area contributed by atoms with Gasteiger partial charge in [-0.2, -0.15) is 65.9 Å². The normalized spacial score (nSPS) is 18.6. The summed E-state index contributed by atoms with van der Waals surface area (Å²) in [7, 11) is 0. The predicted molar refractivity (Wildman–Crippen MR) is 73.3 cm³/mol. The average molecular weight is 510 g/mol. The number of esters is 1. The van der Waals surface area contributed by atoms with Crippen molar-refractivity contribution >= 4 is 5.97 Å². The molecule has 0 aromatic rings. The van der Waals surface area contributed by atoms with Crippen LogP contribution in [0.3, 0.4) is 0 Å². The standard InChI is InChI=1S/C15H13F15O2/c16-9(17,8(31)32-6-7-4-2-1-3-5-7)10(18,19)11(20,21)12(22,23)13(24,25)14(26,27)15(28,29)30/h7H,1-6H2. The number of rotatable bonds is 8. The molecule has 0 spiro atoms. The Kier molecular flexibility index (Phi) is 7.40. The van der Waals surface area contributed by atoms with Crippen LogP contribution in [0.5, 0.6) is 0 Å². The lowest BCUT2D eigenvalue weighted by Crippen LogP contribution is -2.73. The molecule has 0 aromatic carbocycles. The fourth-order valence-electron chi connectivity index (χ4n) is 2.73. The van der Waals surface area contributed by atoms with Gasteiger partial charge in [0.15, 0.2) is 0 Å². The zero-order chi connectivity index (χ0) is 25.6. The average Bonchev–Trinajstić information content (AvgIpc) is 2.65. The van der Waals surface area contributed by atoms with Gasteiger partial charge in [-0.25, -0.2) is 4.79 Å². The van der Waals surface area contributed by atoms with Crippen molar-refractivity contribution in [3.05, 3.63) is 0 Å². The molecule has 0 aromatic heterocycles. The van der Waals surface area contributed by atoms with Gasteiger partial charge in [-0.05, 0) is 18.8 Å². The topological polar surface area (TPSA) is 26.3 Å². The lowest BCUT2D eigenvalue weighted by molar-refractivity contribution is -0.450. The van der Waals surface area contributed by atoms with Gasteiger partial charge >= 0.3 is 47.7 Å². The Balaban J connectivity index is 3.28. The van der Waals surface area contributed by atoms with Gasteiger partial charge in [0, 0.05) is 0 Å². The Morgan fingerprint density at radius 3 is 1.38 bits per heavy atom. The molecule has 2 nitrogen and oxygen atoms in total. The van der Waals surface area contributed by atoms with E-state index in [2.05, 4.69) is 4.74 Å². The molecule has 1 fully saturated rings. The van der Waals surface area contributed by atoms with Crippen LogP contribution in [0.25, 0.3) is 0 Å². The zero-order valence-corrected chi connectivity index (χ0v) is 15.3. The molecule has 190 valence electrons. The molecule has 17 heteroatoms. The van der Waals surface area contributed by atoms with E-state index in [0.717, 1.165) is 0 Å². The first-order valence-electron chi connectivity index (χ1n) is 8.51. The number of hydrogen-bond acceptors (Lipinski definition) is 2. The Labute approximate surface area is 169 Å². The summed E-state index contributed by atoms with van der Waals surface area (Å²) in [5.74, 6) is -52.3.